The average Bonchev–Trinajstić information content (AvgIpc) is 2.20. The number of ether oxygens (including phenoxy) is 1. The van der Waals surface area contributed by atoms with Crippen LogP contribution in [0.15, 0.2) is 18.2 Å². The zero-order chi connectivity index (χ0) is 11.3. The predicted octanol–water partition coefficient (Wildman–Crippen LogP) is 1.61. The first-order chi connectivity index (χ1) is 7.13. The molecule has 0 fully saturated rings. The molecule has 0 aliphatic rings. The Morgan fingerprint density at radius 3 is 2.93 bits per heavy atom. The molecule has 0 spiro atoms. The Labute approximate surface area is 95.0 Å². The summed E-state index contributed by atoms with van der Waals surface area (Å²) in [5.41, 5.74) is 1.01. The van der Waals surface area contributed by atoms with Crippen molar-refractivity contribution in [3.63, 3.8) is 0 Å². The third kappa shape index (κ3) is 4.08. The molecule has 0 saturated heterocycles. The van der Waals surface area contributed by atoms with Gasteiger partial charge in [0.05, 0.1) is 0 Å². The van der Waals surface area contributed by atoms with Crippen molar-refractivity contribution in [1.29, 1.82) is 0 Å². The van der Waals surface area contributed by atoms with Gasteiger partial charge in [0.15, 0.2) is 0 Å². The molecule has 15 heavy (non-hydrogen) atoms. The highest BCUT2D eigenvalue weighted by Gasteiger charge is 2.05. The van der Waals surface area contributed by atoms with Crippen molar-refractivity contribution in [2.24, 2.45) is 0 Å². The minimum Gasteiger partial charge on any atom is -0.491 e. The lowest BCUT2D eigenvalue weighted by molar-refractivity contribution is 0.108. The van der Waals surface area contributed by atoms with Gasteiger partial charge in [0, 0.05) is 11.6 Å². The van der Waals surface area contributed by atoms with Crippen LogP contribution in [0.25, 0.3) is 0 Å². The van der Waals surface area contributed by atoms with Crippen molar-refractivity contribution in [3.8, 4) is 5.75 Å². The van der Waals surface area contributed by atoms with E-state index in [1.54, 1.807) is 13.1 Å². The van der Waals surface area contributed by atoms with Gasteiger partial charge in [0.25, 0.3) is 0 Å². The van der Waals surface area contributed by atoms with E-state index in [1.165, 1.54) is 0 Å². The van der Waals surface area contributed by atoms with Gasteiger partial charge in [-0.25, -0.2) is 0 Å². The third-order valence-corrected chi connectivity index (χ3v) is 2.26. The molecule has 0 saturated carbocycles. The SMILES string of the molecule is CNCC(O)COc1cc(Cl)ccc1C. The standard InChI is InChI=1S/C11H16ClNO2/c1-8-3-4-9(12)5-11(8)15-7-10(14)6-13-2/h3-5,10,13-14H,6-7H2,1-2H3. The third-order valence-electron chi connectivity index (χ3n) is 2.02. The van der Waals surface area contributed by atoms with Crippen molar-refractivity contribution in [3.05, 3.63) is 28.8 Å². The molecule has 0 radical (unpaired) electrons. The monoisotopic (exact) mass is 229 g/mol. The van der Waals surface area contributed by atoms with Crippen LogP contribution in [0.4, 0.5) is 0 Å². The Bertz CT molecular complexity index is 317. The minimum atomic E-state index is -0.506. The summed E-state index contributed by atoms with van der Waals surface area (Å²) < 4.78 is 5.46. The van der Waals surface area contributed by atoms with Crippen LogP contribution in [0.5, 0.6) is 5.75 Å². The van der Waals surface area contributed by atoms with Crippen LogP contribution in [0.3, 0.4) is 0 Å². The lowest BCUT2D eigenvalue weighted by atomic mass is 10.2. The first-order valence-electron chi connectivity index (χ1n) is 4.85. The van der Waals surface area contributed by atoms with Crippen LogP contribution in [0.2, 0.25) is 5.02 Å². The molecule has 1 aromatic rings. The number of likely N-dealkylation sites (N-methyl/N-ethyl adjacent to an activating group) is 1. The van der Waals surface area contributed by atoms with E-state index in [0.29, 0.717) is 11.6 Å². The van der Waals surface area contributed by atoms with Crippen molar-refractivity contribution in [2.45, 2.75) is 13.0 Å². The zero-order valence-corrected chi connectivity index (χ0v) is 9.71. The lowest BCUT2D eigenvalue weighted by Gasteiger charge is -2.13. The van der Waals surface area contributed by atoms with Gasteiger partial charge in [0.2, 0.25) is 0 Å². The molecule has 84 valence electrons. The number of aliphatic hydroxyl groups is 1. The second kappa shape index (κ2) is 5.95. The molecule has 1 atom stereocenters. The summed E-state index contributed by atoms with van der Waals surface area (Å²) in [5, 5.41) is 13.0. The number of nitrogens with one attached hydrogen (secondary N) is 1. The van der Waals surface area contributed by atoms with Gasteiger partial charge < -0.3 is 15.2 Å². The van der Waals surface area contributed by atoms with E-state index in [1.807, 2.05) is 19.1 Å². The normalized spacial score (nSPS) is 12.5. The maximum absolute atomic E-state index is 9.45. The fourth-order valence-electron chi connectivity index (χ4n) is 1.21. The Kier molecular flexibility index (Phi) is 4.88. The van der Waals surface area contributed by atoms with Gasteiger partial charge in [-0.1, -0.05) is 17.7 Å². The van der Waals surface area contributed by atoms with Gasteiger partial charge in [0.1, 0.15) is 18.5 Å². The number of benzene rings is 1. The van der Waals surface area contributed by atoms with Gasteiger partial charge in [-0.15, -0.1) is 0 Å². The summed E-state index contributed by atoms with van der Waals surface area (Å²) in [6.07, 6.45) is -0.506. The molecule has 3 nitrogen and oxygen atoms in total. The fraction of sp³-hybridized carbons (Fsp3) is 0.455. The molecular weight excluding hydrogens is 214 g/mol. The average molecular weight is 230 g/mol. The molecule has 1 rings (SSSR count). The number of rotatable bonds is 5. The molecular formula is C11H16ClNO2. The van der Waals surface area contributed by atoms with Gasteiger partial charge >= 0.3 is 0 Å². The maximum Gasteiger partial charge on any atom is 0.123 e. The minimum absolute atomic E-state index is 0.266. The van der Waals surface area contributed by atoms with E-state index in [-0.39, 0.29) is 6.61 Å². The number of aliphatic hydroxyl groups excluding tert-OH is 1. The molecule has 0 amide bonds. The zero-order valence-electron chi connectivity index (χ0n) is 8.96. The Hall–Kier alpha value is -0.770. The number of hydrogen-bond acceptors (Lipinski definition) is 3. The Morgan fingerprint density at radius 1 is 1.53 bits per heavy atom. The number of aryl methyl sites for hydroxylation is 1. The van der Waals surface area contributed by atoms with E-state index in [2.05, 4.69) is 5.32 Å². The van der Waals surface area contributed by atoms with E-state index < -0.39 is 6.10 Å². The first kappa shape index (κ1) is 12.3. The topological polar surface area (TPSA) is 41.5 Å². The van der Waals surface area contributed by atoms with Crippen LogP contribution in [-0.4, -0.2) is 31.4 Å². The molecule has 0 heterocycles. The van der Waals surface area contributed by atoms with Crippen LogP contribution in [0.1, 0.15) is 5.56 Å². The molecule has 0 aromatic heterocycles. The highest BCUT2D eigenvalue weighted by molar-refractivity contribution is 6.30. The second-order valence-electron chi connectivity index (χ2n) is 3.43. The molecule has 1 aromatic carbocycles. The Balaban J connectivity index is 2.53. The molecule has 0 aliphatic heterocycles. The predicted molar refractivity (Wildman–Crippen MR) is 61.6 cm³/mol. The molecule has 1 unspecified atom stereocenters. The Morgan fingerprint density at radius 2 is 2.27 bits per heavy atom. The summed E-state index contributed by atoms with van der Waals surface area (Å²) in [5.74, 6) is 0.720. The van der Waals surface area contributed by atoms with E-state index in [9.17, 15) is 5.11 Å². The van der Waals surface area contributed by atoms with Crippen LogP contribution < -0.4 is 10.1 Å². The van der Waals surface area contributed by atoms with E-state index in [0.717, 1.165) is 11.3 Å². The van der Waals surface area contributed by atoms with Gasteiger partial charge in [-0.05, 0) is 31.7 Å². The van der Waals surface area contributed by atoms with Crippen molar-refractivity contribution < 1.29 is 9.84 Å². The smallest absolute Gasteiger partial charge is 0.123 e. The van der Waals surface area contributed by atoms with Gasteiger partial charge in [-0.3, -0.25) is 0 Å². The fourth-order valence-corrected chi connectivity index (χ4v) is 1.37. The van der Waals surface area contributed by atoms with Crippen molar-refractivity contribution in [2.75, 3.05) is 20.2 Å². The lowest BCUT2D eigenvalue weighted by Crippen LogP contribution is -2.29. The second-order valence-corrected chi connectivity index (χ2v) is 3.87. The summed E-state index contributed by atoms with van der Waals surface area (Å²) in [4.78, 5) is 0. The van der Waals surface area contributed by atoms with Crippen molar-refractivity contribution >= 4 is 11.6 Å². The summed E-state index contributed by atoms with van der Waals surface area (Å²) in [7, 11) is 1.79. The van der Waals surface area contributed by atoms with Crippen molar-refractivity contribution in [1.82, 2.24) is 5.32 Å². The highest BCUT2D eigenvalue weighted by atomic mass is 35.5. The number of hydrogen-bond donors (Lipinski definition) is 2. The van der Waals surface area contributed by atoms with Crippen LogP contribution in [0, 0.1) is 6.92 Å². The van der Waals surface area contributed by atoms with Crippen LogP contribution >= 0.6 is 11.6 Å². The van der Waals surface area contributed by atoms with E-state index in [4.69, 9.17) is 16.3 Å². The van der Waals surface area contributed by atoms with Crippen LogP contribution in [-0.2, 0) is 0 Å². The maximum atomic E-state index is 9.45. The molecule has 2 N–H and O–H groups in total. The molecule has 0 bridgehead atoms. The first-order valence-corrected chi connectivity index (χ1v) is 5.23. The number of halogens is 1. The molecule has 4 heteroatoms. The summed E-state index contributed by atoms with van der Waals surface area (Å²) >= 11 is 5.84. The quantitative estimate of drug-likeness (QED) is 0.806. The molecule has 0 aliphatic carbocycles. The largest absolute Gasteiger partial charge is 0.491 e. The van der Waals surface area contributed by atoms with Gasteiger partial charge in [-0.2, -0.15) is 0 Å². The summed E-state index contributed by atoms with van der Waals surface area (Å²) in [6, 6.07) is 5.46. The highest BCUT2D eigenvalue weighted by Crippen LogP contribution is 2.22. The van der Waals surface area contributed by atoms with E-state index >= 15 is 0 Å². The summed E-state index contributed by atoms with van der Waals surface area (Å²) in [6.45, 7) is 2.72.